The van der Waals surface area contributed by atoms with Gasteiger partial charge >= 0.3 is 6.03 Å². The van der Waals surface area contributed by atoms with Crippen LogP contribution in [0.2, 0.25) is 0 Å². The lowest BCUT2D eigenvalue weighted by atomic mass is 9.90. The van der Waals surface area contributed by atoms with Gasteiger partial charge < -0.3 is 10.2 Å². The molecule has 0 aromatic heterocycles. The lowest BCUT2D eigenvalue weighted by molar-refractivity contribution is -0.119. The molecule has 0 aliphatic carbocycles. The van der Waals surface area contributed by atoms with Gasteiger partial charge in [0.15, 0.2) is 0 Å². The molecule has 6 heteroatoms. The average molecular weight is 283 g/mol. The van der Waals surface area contributed by atoms with Crippen LogP contribution in [0.15, 0.2) is 0 Å². The van der Waals surface area contributed by atoms with Crippen molar-refractivity contribution in [2.45, 2.75) is 45.6 Å². The summed E-state index contributed by atoms with van der Waals surface area (Å²) in [4.78, 5) is 30.6. The topological polar surface area (TPSA) is 70.7 Å². The molecule has 0 aromatic rings. The van der Waals surface area contributed by atoms with Gasteiger partial charge in [0.1, 0.15) is 0 Å². The third-order valence-corrected chi connectivity index (χ3v) is 3.94. The molecule has 2 aliphatic heterocycles. The summed E-state index contributed by atoms with van der Waals surface area (Å²) in [6.07, 6.45) is 3.63. The van der Waals surface area contributed by atoms with Crippen molar-refractivity contribution >= 4 is 11.9 Å². The number of hydroxylamine groups is 1. The Balaban J connectivity index is 1.89. The third-order valence-electron chi connectivity index (χ3n) is 3.94. The molecule has 0 bridgehead atoms. The fourth-order valence-corrected chi connectivity index (χ4v) is 2.93. The molecule has 6 nitrogen and oxygen atoms in total. The van der Waals surface area contributed by atoms with E-state index in [9.17, 15) is 9.59 Å². The first-order chi connectivity index (χ1) is 9.58. The lowest BCUT2D eigenvalue weighted by Crippen LogP contribution is -2.52. The number of likely N-dealkylation sites (tertiary alicyclic amines) is 1. The van der Waals surface area contributed by atoms with Gasteiger partial charge in [0, 0.05) is 31.5 Å². The van der Waals surface area contributed by atoms with Gasteiger partial charge in [-0.1, -0.05) is 13.8 Å². The fourth-order valence-electron chi connectivity index (χ4n) is 2.93. The van der Waals surface area contributed by atoms with Crippen LogP contribution >= 0.6 is 0 Å². The average Bonchev–Trinajstić information content (AvgIpc) is 2.85. The van der Waals surface area contributed by atoms with Gasteiger partial charge in [-0.25, -0.2) is 10.3 Å². The van der Waals surface area contributed by atoms with E-state index in [2.05, 4.69) is 10.8 Å². The van der Waals surface area contributed by atoms with Crippen molar-refractivity contribution in [2.75, 3.05) is 19.7 Å². The van der Waals surface area contributed by atoms with Crippen LogP contribution in [0.1, 0.15) is 39.5 Å². The van der Waals surface area contributed by atoms with E-state index in [1.165, 1.54) is 0 Å². The van der Waals surface area contributed by atoms with Gasteiger partial charge in [0.25, 0.3) is 0 Å². The monoisotopic (exact) mass is 283 g/mol. The van der Waals surface area contributed by atoms with Gasteiger partial charge in [0.05, 0.1) is 6.61 Å². The molecule has 0 spiro atoms. The molecule has 2 saturated heterocycles. The summed E-state index contributed by atoms with van der Waals surface area (Å²) < 4.78 is 0. The van der Waals surface area contributed by atoms with Gasteiger partial charge in [0.2, 0.25) is 5.91 Å². The number of hydrogen-bond donors (Lipinski definition) is 2. The Morgan fingerprint density at radius 2 is 2.30 bits per heavy atom. The molecule has 2 unspecified atom stereocenters. The predicted molar refractivity (Wildman–Crippen MR) is 74.8 cm³/mol. The summed E-state index contributed by atoms with van der Waals surface area (Å²) in [7, 11) is 0. The highest BCUT2D eigenvalue weighted by molar-refractivity contribution is 5.79. The number of nitrogens with zero attached hydrogens (tertiary/aromatic N) is 1. The molecule has 0 saturated carbocycles. The zero-order chi connectivity index (χ0) is 14.5. The Bertz CT molecular complexity index is 360. The Morgan fingerprint density at radius 1 is 1.50 bits per heavy atom. The summed E-state index contributed by atoms with van der Waals surface area (Å²) in [5.74, 6) is 0.708. The molecule has 3 amide bonds. The van der Waals surface area contributed by atoms with Crippen LogP contribution < -0.4 is 10.8 Å². The Kier molecular flexibility index (Phi) is 5.23. The standard InChI is InChI=1S/C14H25N3O3/c1-10(2)9-20-16-14(19)17-6-4-3-5-12(17)11-7-13(18)15-8-11/h10-12H,3-9H2,1-2H3,(H,15,18)(H,16,19). The van der Waals surface area contributed by atoms with Crippen molar-refractivity contribution in [3.8, 4) is 0 Å². The predicted octanol–water partition coefficient (Wildman–Crippen LogP) is 1.27. The van der Waals surface area contributed by atoms with Crippen LogP contribution in [0.4, 0.5) is 4.79 Å². The van der Waals surface area contributed by atoms with Crippen LogP contribution in [0.3, 0.4) is 0 Å². The summed E-state index contributed by atoms with van der Waals surface area (Å²) in [6, 6.07) is -0.0277. The van der Waals surface area contributed by atoms with Gasteiger partial charge in [-0.05, 0) is 25.2 Å². The van der Waals surface area contributed by atoms with E-state index < -0.39 is 0 Å². The maximum atomic E-state index is 12.2. The van der Waals surface area contributed by atoms with E-state index >= 15 is 0 Å². The number of hydrogen-bond acceptors (Lipinski definition) is 3. The lowest BCUT2D eigenvalue weighted by Gasteiger charge is -2.38. The molecule has 114 valence electrons. The molecule has 2 fully saturated rings. The first-order valence-corrected chi connectivity index (χ1v) is 7.53. The number of carbonyl (C=O) groups excluding carboxylic acids is 2. The molecular weight excluding hydrogens is 258 g/mol. The van der Waals surface area contributed by atoms with Crippen LogP contribution in [0, 0.1) is 11.8 Å². The van der Waals surface area contributed by atoms with Crippen LogP contribution in [-0.4, -0.2) is 42.6 Å². The highest BCUT2D eigenvalue weighted by atomic mass is 16.7. The second kappa shape index (κ2) is 6.92. The highest BCUT2D eigenvalue weighted by Crippen LogP contribution is 2.27. The summed E-state index contributed by atoms with van der Waals surface area (Å²) >= 11 is 0. The molecule has 2 atom stereocenters. The smallest absolute Gasteiger partial charge is 0.341 e. The van der Waals surface area contributed by atoms with Crippen molar-refractivity contribution < 1.29 is 14.4 Å². The summed E-state index contributed by atoms with van der Waals surface area (Å²) in [5.41, 5.74) is 2.53. The number of urea groups is 1. The van der Waals surface area contributed by atoms with Crippen molar-refractivity contribution in [2.24, 2.45) is 11.8 Å². The second-order valence-corrected chi connectivity index (χ2v) is 6.14. The third kappa shape index (κ3) is 3.85. The second-order valence-electron chi connectivity index (χ2n) is 6.14. The summed E-state index contributed by atoms with van der Waals surface area (Å²) in [5, 5.41) is 2.86. The Hall–Kier alpha value is -1.30. The number of carbonyl (C=O) groups is 2. The van der Waals surface area contributed by atoms with Crippen molar-refractivity contribution in [1.82, 2.24) is 15.7 Å². The minimum Gasteiger partial charge on any atom is -0.356 e. The molecular formula is C14H25N3O3. The molecule has 2 rings (SSSR count). The largest absolute Gasteiger partial charge is 0.356 e. The van der Waals surface area contributed by atoms with Crippen molar-refractivity contribution in [3.05, 3.63) is 0 Å². The molecule has 2 aliphatic rings. The van der Waals surface area contributed by atoms with Gasteiger partial charge in [-0.2, -0.15) is 0 Å². The Morgan fingerprint density at radius 3 is 2.95 bits per heavy atom. The van der Waals surface area contributed by atoms with E-state index in [0.29, 0.717) is 25.5 Å². The minimum atomic E-state index is -0.172. The van der Waals surface area contributed by atoms with E-state index in [1.54, 1.807) is 0 Å². The van der Waals surface area contributed by atoms with E-state index in [4.69, 9.17) is 4.84 Å². The van der Waals surface area contributed by atoms with E-state index in [1.807, 2.05) is 18.7 Å². The number of piperidine rings is 1. The SMILES string of the molecule is CC(C)CONC(=O)N1CCCCC1C1CNC(=O)C1. The maximum absolute atomic E-state index is 12.2. The van der Waals surface area contributed by atoms with Crippen molar-refractivity contribution in [3.63, 3.8) is 0 Å². The normalized spacial score (nSPS) is 26.8. The van der Waals surface area contributed by atoms with Crippen LogP contribution in [0.25, 0.3) is 0 Å². The molecule has 0 aromatic carbocycles. The highest BCUT2D eigenvalue weighted by Gasteiger charge is 2.36. The van der Waals surface area contributed by atoms with Gasteiger partial charge in [-0.15, -0.1) is 0 Å². The minimum absolute atomic E-state index is 0.0944. The van der Waals surface area contributed by atoms with Crippen molar-refractivity contribution in [1.29, 1.82) is 0 Å². The maximum Gasteiger partial charge on any atom is 0.341 e. The van der Waals surface area contributed by atoms with E-state index in [-0.39, 0.29) is 23.9 Å². The van der Waals surface area contributed by atoms with Crippen LogP contribution in [-0.2, 0) is 9.63 Å². The fraction of sp³-hybridized carbons (Fsp3) is 0.857. The van der Waals surface area contributed by atoms with E-state index in [0.717, 1.165) is 25.8 Å². The van der Waals surface area contributed by atoms with Crippen LogP contribution in [0.5, 0.6) is 0 Å². The Labute approximate surface area is 120 Å². The number of nitrogens with one attached hydrogen (secondary N) is 2. The number of rotatable bonds is 4. The molecule has 20 heavy (non-hydrogen) atoms. The molecule has 0 radical (unpaired) electrons. The number of amides is 3. The first-order valence-electron chi connectivity index (χ1n) is 7.53. The zero-order valence-corrected chi connectivity index (χ0v) is 12.4. The molecule has 2 heterocycles. The first kappa shape index (κ1) is 15.1. The van der Waals surface area contributed by atoms with Gasteiger partial charge in [-0.3, -0.25) is 9.63 Å². The zero-order valence-electron chi connectivity index (χ0n) is 12.4. The molecule has 2 N–H and O–H groups in total. The quantitative estimate of drug-likeness (QED) is 0.763. The summed E-state index contributed by atoms with van der Waals surface area (Å²) in [6.45, 7) is 6.00.